The molecule has 0 atom stereocenters. The van der Waals surface area contributed by atoms with Crippen LogP contribution in [0.5, 0.6) is 0 Å². The summed E-state index contributed by atoms with van der Waals surface area (Å²) in [7, 11) is 0. The minimum Gasteiger partial charge on any atom is -0.369 e. The van der Waals surface area contributed by atoms with E-state index in [1.165, 1.54) is 0 Å². The summed E-state index contributed by atoms with van der Waals surface area (Å²) in [5, 5.41) is 0. The summed E-state index contributed by atoms with van der Waals surface area (Å²) < 4.78 is 12.7. The standard InChI is InChI=1S/C3H8O2S/c1-2-5-3-6-4/h4H,2-3H2,1H3. The lowest BCUT2D eigenvalue weighted by molar-refractivity contribution is 0.196. The molecule has 2 nitrogen and oxygen atoms in total. The monoisotopic (exact) mass is 108 g/mol. The van der Waals surface area contributed by atoms with Gasteiger partial charge >= 0.3 is 0 Å². The number of hydrogen-bond acceptors (Lipinski definition) is 3. The first kappa shape index (κ1) is 6.27. The third kappa shape index (κ3) is 4.27. The fraction of sp³-hybridized carbons (Fsp3) is 1.00. The van der Waals surface area contributed by atoms with E-state index < -0.39 is 0 Å². The van der Waals surface area contributed by atoms with E-state index in [9.17, 15) is 0 Å². The van der Waals surface area contributed by atoms with E-state index in [-0.39, 0.29) is 0 Å². The maximum Gasteiger partial charge on any atom is 0.118 e. The second-order valence-corrected chi connectivity index (χ2v) is 1.23. The number of hydrogen-bond donors (Lipinski definition) is 1. The quantitative estimate of drug-likeness (QED) is 0.334. The van der Waals surface area contributed by atoms with Crippen molar-refractivity contribution in [2.24, 2.45) is 0 Å². The largest absolute Gasteiger partial charge is 0.369 e. The summed E-state index contributed by atoms with van der Waals surface area (Å²) in [5.74, 6) is 0.385. The second-order valence-electron chi connectivity index (χ2n) is 0.740. The normalized spacial score (nSPS) is 9.00. The predicted molar refractivity (Wildman–Crippen MR) is 26.7 cm³/mol. The molecule has 38 valence electrons. The van der Waals surface area contributed by atoms with Gasteiger partial charge < -0.3 is 9.29 Å². The molecule has 0 aromatic rings. The topological polar surface area (TPSA) is 29.5 Å². The van der Waals surface area contributed by atoms with Gasteiger partial charge in [-0.1, -0.05) is 0 Å². The van der Waals surface area contributed by atoms with Crippen LogP contribution >= 0.6 is 12.0 Å². The molecule has 0 saturated heterocycles. The molecular weight excluding hydrogens is 100 g/mol. The van der Waals surface area contributed by atoms with Gasteiger partial charge in [0.05, 0.1) is 0 Å². The molecule has 0 saturated carbocycles. The molecule has 1 N–H and O–H groups in total. The summed E-state index contributed by atoms with van der Waals surface area (Å²) in [4.78, 5) is 0. The Morgan fingerprint density at radius 3 is 2.67 bits per heavy atom. The third-order valence-electron chi connectivity index (χ3n) is 0.340. The van der Waals surface area contributed by atoms with E-state index >= 15 is 0 Å². The van der Waals surface area contributed by atoms with Crippen LogP contribution < -0.4 is 0 Å². The van der Waals surface area contributed by atoms with Gasteiger partial charge in [0.2, 0.25) is 0 Å². The molecule has 0 bridgehead atoms. The molecule has 0 aromatic carbocycles. The fourth-order valence-corrected chi connectivity index (χ4v) is 0.362. The van der Waals surface area contributed by atoms with Gasteiger partial charge in [0, 0.05) is 18.6 Å². The van der Waals surface area contributed by atoms with Crippen LogP contribution in [0.1, 0.15) is 6.92 Å². The average Bonchev–Trinajstić information content (AvgIpc) is 1.61. The zero-order valence-electron chi connectivity index (χ0n) is 3.68. The first-order valence-electron chi connectivity index (χ1n) is 1.76. The highest BCUT2D eigenvalue weighted by molar-refractivity contribution is 7.93. The van der Waals surface area contributed by atoms with E-state index in [4.69, 9.17) is 9.29 Å². The van der Waals surface area contributed by atoms with E-state index in [0.717, 1.165) is 0 Å². The van der Waals surface area contributed by atoms with Gasteiger partial charge in [-0.25, -0.2) is 0 Å². The summed E-state index contributed by atoms with van der Waals surface area (Å²) in [6.07, 6.45) is 0. The van der Waals surface area contributed by atoms with Crippen LogP contribution in [-0.2, 0) is 4.74 Å². The van der Waals surface area contributed by atoms with Crippen molar-refractivity contribution in [3.8, 4) is 0 Å². The Hall–Kier alpha value is 0.270. The SMILES string of the molecule is CCOCSO. The van der Waals surface area contributed by atoms with Crippen molar-refractivity contribution in [3.63, 3.8) is 0 Å². The molecule has 3 heteroatoms. The third-order valence-corrected chi connectivity index (χ3v) is 0.612. The summed E-state index contributed by atoms with van der Waals surface area (Å²) in [6, 6.07) is 0. The van der Waals surface area contributed by atoms with Crippen LogP contribution in [0.3, 0.4) is 0 Å². The first-order valence-corrected chi connectivity index (χ1v) is 2.70. The first-order chi connectivity index (χ1) is 2.91. The van der Waals surface area contributed by atoms with Crippen LogP contribution in [0.2, 0.25) is 0 Å². The average molecular weight is 108 g/mol. The van der Waals surface area contributed by atoms with Crippen molar-refractivity contribution in [1.82, 2.24) is 0 Å². The molecule has 0 amide bonds. The summed E-state index contributed by atoms with van der Waals surface area (Å²) in [5.41, 5.74) is 0. The smallest absolute Gasteiger partial charge is 0.118 e. The van der Waals surface area contributed by atoms with Crippen molar-refractivity contribution >= 4 is 12.0 Å². The Bertz CT molecular complexity index is 20.8. The van der Waals surface area contributed by atoms with Gasteiger partial charge in [-0.3, -0.25) is 0 Å². The van der Waals surface area contributed by atoms with Crippen LogP contribution in [0.4, 0.5) is 0 Å². The summed E-state index contributed by atoms with van der Waals surface area (Å²) in [6.45, 7) is 2.56. The lowest BCUT2D eigenvalue weighted by Gasteiger charge is -1.90. The van der Waals surface area contributed by atoms with Crippen molar-refractivity contribution in [1.29, 1.82) is 0 Å². The maximum atomic E-state index is 7.99. The molecule has 0 aliphatic rings. The highest BCUT2D eigenvalue weighted by Crippen LogP contribution is 1.88. The highest BCUT2D eigenvalue weighted by Gasteiger charge is 1.74. The van der Waals surface area contributed by atoms with Gasteiger partial charge in [-0.05, 0) is 6.92 Å². The predicted octanol–water partition coefficient (Wildman–Crippen LogP) is 1.19. The molecule has 0 aliphatic carbocycles. The Morgan fingerprint density at radius 1 is 1.83 bits per heavy atom. The molecule has 0 spiro atoms. The lowest BCUT2D eigenvalue weighted by atomic mass is 10.9. The Balaban J connectivity index is 2.34. The van der Waals surface area contributed by atoms with E-state index in [2.05, 4.69) is 0 Å². The van der Waals surface area contributed by atoms with Crippen molar-refractivity contribution < 1.29 is 9.29 Å². The zero-order valence-corrected chi connectivity index (χ0v) is 4.49. The van der Waals surface area contributed by atoms with Gasteiger partial charge in [0.1, 0.15) is 5.94 Å². The van der Waals surface area contributed by atoms with Gasteiger partial charge in [-0.15, -0.1) is 0 Å². The lowest BCUT2D eigenvalue weighted by Crippen LogP contribution is -1.85. The molecule has 6 heavy (non-hydrogen) atoms. The van der Waals surface area contributed by atoms with Gasteiger partial charge in [0.15, 0.2) is 0 Å². The molecule has 0 unspecified atom stereocenters. The molecule has 0 aliphatic heterocycles. The molecule has 0 rings (SSSR count). The zero-order chi connectivity index (χ0) is 4.83. The van der Waals surface area contributed by atoms with Crippen molar-refractivity contribution in [3.05, 3.63) is 0 Å². The summed E-state index contributed by atoms with van der Waals surface area (Å²) >= 11 is 0.704. The van der Waals surface area contributed by atoms with Crippen molar-refractivity contribution in [2.75, 3.05) is 12.5 Å². The number of ether oxygens (including phenoxy) is 1. The van der Waals surface area contributed by atoms with E-state index in [1.807, 2.05) is 6.92 Å². The maximum absolute atomic E-state index is 7.99. The molecule has 0 radical (unpaired) electrons. The van der Waals surface area contributed by atoms with Crippen molar-refractivity contribution in [2.45, 2.75) is 6.92 Å². The van der Waals surface area contributed by atoms with Gasteiger partial charge in [0.25, 0.3) is 0 Å². The van der Waals surface area contributed by atoms with Gasteiger partial charge in [-0.2, -0.15) is 0 Å². The highest BCUT2D eigenvalue weighted by atomic mass is 32.2. The van der Waals surface area contributed by atoms with Crippen LogP contribution in [0, 0.1) is 0 Å². The minimum atomic E-state index is 0.385. The fourth-order valence-electron chi connectivity index (χ4n) is 0.121. The van der Waals surface area contributed by atoms with Crippen LogP contribution in [0.25, 0.3) is 0 Å². The molecule has 0 heterocycles. The molecule has 0 aromatic heterocycles. The Labute approximate surface area is 41.7 Å². The van der Waals surface area contributed by atoms with Crippen LogP contribution in [0.15, 0.2) is 0 Å². The molecular formula is C3H8O2S. The van der Waals surface area contributed by atoms with E-state index in [0.29, 0.717) is 24.6 Å². The Morgan fingerprint density at radius 2 is 2.50 bits per heavy atom. The van der Waals surface area contributed by atoms with Crippen LogP contribution in [-0.4, -0.2) is 17.1 Å². The van der Waals surface area contributed by atoms with E-state index in [1.54, 1.807) is 0 Å². The number of rotatable bonds is 3. The Kier molecular flexibility index (Phi) is 5.51. The second kappa shape index (κ2) is 5.27. The minimum absolute atomic E-state index is 0.385. The molecule has 0 fully saturated rings.